The Hall–Kier alpha value is -1.61. The standard InChI is InChI=1S/C24H36N2O/c1-16(2)27-20-8-7-9-22-21(15-14-20)17(3)25-26-23(22)18-10-12-19(13-11-18)24(4,5)6/h10-13,16,20,22,25H,7-9,14-15H2,1-6H3. The van der Waals surface area contributed by atoms with E-state index in [9.17, 15) is 0 Å². The van der Waals surface area contributed by atoms with Crippen molar-refractivity contribution < 1.29 is 4.74 Å². The molecule has 1 heterocycles. The quantitative estimate of drug-likeness (QED) is 0.716. The van der Waals surface area contributed by atoms with Gasteiger partial charge in [0.2, 0.25) is 0 Å². The lowest BCUT2D eigenvalue weighted by Gasteiger charge is -2.33. The normalized spacial score (nSPS) is 24.0. The van der Waals surface area contributed by atoms with Gasteiger partial charge in [0.15, 0.2) is 0 Å². The lowest BCUT2D eigenvalue weighted by Crippen LogP contribution is -2.31. The molecule has 1 aliphatic heterocycles. The van der Waals surface area contributed by atoms with Crippen LogP contribution >= 0.6 is 0 Å². The molecule has 0 bridgehead atoms. The highest BCUT2D eigenvalue weighted by atomic mass is 16.5. The van der Waals surface area contributed by atoms with Crippen molar-refractivity contribution in [2.24, 2.45) is 11.0 Å². The maximum absolute atomic E-state index is 6.12. The van der Waals surface area contributed by atoms with Crippen LogP contribution in [0.3, 0.4) is 0 Å². The van der Waals surface area contributed by atoms with Crippen LogP contribution in [0.5, 0.6) is 0 Å². The van der Waals surface area contributed by atoms with Crippen molar-refractivity contribution in [2.75, 3.05) is 0 Å². The largest absolute Gasteiger partial charge is 0.376 e. The Morgan fingerprint density at radius 1 is 1.07 bits per heavy atom. The number of nitrogens with zero attached hydrogens (tertiary/aromatic N) is 1. The number of fused-ring (bicyclic) bond motifs is 1. The summed E-state index contributed by atoms with van der Waals surface area (Å²) in [6, 6.07) is 9.03. The molecule has 1 fully saturated rings. The van der Waals surface area contributed by atoms with Crippen LogP contribution in [0.1, 0.15) is 84.8 Å². The molecule has 3 nitrogen and oxygen atoms in total. The van der Waals surface area contributed by atoms with E-state index in [0.717, 1.165) is 25.7 Å². The van der Waals surface area contributed by atoms with E-state index in [2.05, 4.69) is 71.2 Å². The van der Waals surface area contributed by atoms with Gasteiger partial charge in [0.1, 0.15) is 0 Å². The van der Waals surface area contributed by atoms with Crippen LogP contribution in [0.2, 0.25) is 0 Å². The fourth-order valence-corrected chi connectivity index (χ4v) is 4.33. The molecule has 3 heteroatoms. The van der Waals surface area contributed by atoms with Gasteiger partial charge < -0.3 is 4.74 Å². The summed E-state index contributed by atoms with van der Waals surface area (Å²) in [6.45, 7) is 13.2. The fraction of sp³-hybridized carbons (Fsp3) is 0.625. The molecule has 1 aliphatic carbocycles. The smallest absolute Gasteiger partial charge is 0.0751 e. The highest BCUT2D eigenvalue weighted by Crippen LogP contribution is 2.35. The first-order valence-corrected chi connectivity index (χ1v) is 10.6. The second kappa shape index (κ2) is 8.18. The molecular weight excluding hydrogens is 332 g/mol. The minimum absolute atomic E-state index is 0.179. The molecular formula is C24H36N2O. The lowest BCUT2D eigenvalue weighted by molar-refractivity contribution is -0.00440. The topological polar surface area (TPSA) is 33.6 Å². The van der Waals surface area contributed by atoms with Crippen molar-refractivity contribution in [3.8, 4) is 0 Å². The number of ether oxygens (including phenoxy) is 1. The van der Waals surface area contributed by atoms with E-state index in [0.29, 0.717) is 18.1 Å². The maximum Gasteiger partial charge on any atom is 0.0751 e. The summed E-state index contributed by atoms with van der Waals surface area (Å²) >= 11 is 0. The van der Waals surface area contributed by atoms with Crippen LogP contribution in [-0.2, 0) is 10.2 Å². The number of hydrogen-bond donors (Lipinski definition) is 1. The van der Waals surface area contributed by atoms with E-state index >= 15 is 0 Å². The Bertz CT molecular complexity index is 707. The van der Waals surface area contributed by atoms with E-state index in [-0.39, 0.29) is 5.41 Å². The fourth-order valence-electron chi connectivity index (χ4n) is 4.33. The van der Waals surface area contributed by atoms with Crippen molar-refractivity contribution >= 4 is 5.71 Å². The Labute approximate surface area is 165 Å². The van der Waals surface area contributed by atoms with Gasteiger partial charge in [-0.05, 0) is 75.0 Å². The molecule has 2 unspecified atom stereocenters. The Morgan fingerprint density at radius 2 is 1.78 bits per heavy atom. The van der Waals surface area contributed by atoms with Gasteiger partial charge in [-0.25, -0.2) is 0 Å². The highest BCUT2D eigenvalue weighted by molar-refractivity contribution is 6.04. The molecule has 0 amide bonds. The predicted octanol–water partition coefficient (Wildman–Crippen LogP) is 5.94. The summed E-state index contributed by atoms with van der Waals surface area (Å²) in [6.07, 6.45) is 6.41. The summed E-state index contributed by atoms with van der Waals surface area (Å²) in [5.41, 5.74) is 10.1. The van der Waals surface area contributed by atoms with Crippen LogP contribution in [0.15, 0.2) is 40.6 Å². The molecule has 1 saturated carbocycles. The average molecular weight is 369 g/mol. The molecule has 0 spiro atoms. The van der Waals surface area contributed by atoms with Gasteiger partial charge in [0.05, 0.1) is 17.9 Å². The number of allylic oxidation sites excluding steroid dienone is 2. The summed E-state index contributed by atoms with van der Waals surface area (Å²) in [4.78, 5) is 0. The van der Waals surface area contributed by atoms with Gasteiger partial charge in [-0.15, -0.1) is 0 Å². The van der Waals surface area contributed by atoms with Crippen LogP contribution in [0.4, 0.5) is 0 Å². The van der Waals surface area contributed by atoms with Crippen molar-refractivity contribution in [3.05, 3.63) is 46.7 Å². The Kier molecular flexibility index (Phi) is 6.10. The van der Waals surface area contributed by atoms with Crippen molar-refractivity contribution in [2.45, 2.75) is 91.3 Å². The van der Waals surface area contributed by atoms with Gasteiger partial charge >= 0.3 is 0 Å². The van der Waals surface area contributed by atoms with E-state index in [1.165, 1.54) is 34.5 Å². The Balaban J connectivity index is 1.80. The van der Waals surface area contributed by atoms with Gasteiger partial charge in [-0.1, -0.05) is 45.0 Å². The number of hydrazone groups is 1. The number of hydrogen-bond acceptors (Lipinski definition) is 3. The summed E-state index contributed by atoms with van der Waals surface area (Å²) in [5.74, 6) is 0.437. The second-order valence-corrected chi connectivity index (χ2v) is 9.42. The van der Waals surface area contributed by atoms with Crippen LogP contribution < -0.4 is 5.43 Å². The summed E-state index contributed by atoms with van der Waals surface area (Å²) in [7, 11) is 0. The first-order chi connectivity index (χ1) is 12.8. The molecule has 0 radical (unpaired) electrons. The molecule has 0 aromatic heterocycles. The molecule has 2 aliphatic rings. The van der Waals surface area contributed by atoms with Crippen LogP contribution in [0.25, 0.3) is 0 Å². The molecule has 1 aromatic rings. The van der Waals surface area contributed by atoms with Crippen LogP contribution in [-0.4, -0.2) is 17.9 Å². The molecule has 1 N–H and O–H groups in total. The molecule has 27 heavy (non-hydrogen) atoms. The molecule has 148 valence electrons. The third kappa shape index (κ3) is 4.82. The average Bonchev–Trinajstić information content (AvgIpc) is 2.57. The van der Waals surface area contributed by atoms with Gasteiger partial charge in [0.25, 0.3) is 0 Å². The summed E-state index contributed by atoms with van der Waals surface area (Å²) < 4.78 is 6.12. The van der Waals surface area contributed by atoms with E-state index in [1.807, 2.05) is 0 Å². The first-order valence-electron chi connectivity index (χ1n) is 10.6. The number of benzene rings is 1. The minimum Gasteiger partial charge on any atom is -0.376 e. The molecule has 3 rings (SSSR count). The molecule has 1 aromatic carbocycles. The van der Waals surface area contributed by atoms with E-state index in [4.69, 9.17) is 9.84 Å². The van der Waals surface area contributed by atoms with Crippen molar-refractivity contribution in [1.82, 2.24) is 5.43 Å². The second-order valence-electron chi connectivity index (χ2n) is 9.42. The third-order valence-corrected chi connectivity index (χ3v) is 5.84. The summed E-state index contributed by atoms with van der Waals surface area (Å²) in [5, 5.41) is 4.77. The SMILES string of the molecule is CC1=C2CCC(OC(C)C)CCCC2C(c2ccc(C(C)(C)C)cc2)=NN1. The Morgan fingerprint density at radius 3 is 2.41 bits per heavy atom. The number of rotatable bonds is 3. The zero-order valence-electron chi connectivity index (χ0n) is 17.9. The highest BCUT2D eigenvalue weighted by Gasteiger charge is 2.30. The van der Waals surface area contributed by atoms with Gasteiger partial charge in [0, 0.05) is 11.6 Å². The number of nitrogens with one attached hydrogen (secondary N) is 1. The van der Waals surface area contributed by atoms with Crippen molar-refractivity contribution in [1.29, 1.82) is 0 Å². The van der Waals surface area contributed by atoms with Gasteiger partial charge in [-0.2, -0.15) is 5.10 Å². The van der Waals surface area contributed by atoms with E-state index in [1.54, 1.807) is 0 Å². The molecule has 0 saturated heterocycles. The first kappa shape index (κ1) is 20.1. The minimum atomic E-state index is 0.179. The third-order valence-electron chi connectivity index (χ3n) is 5.84. The zero-order valence-corrected chi connectivity index (χ0v) is 17.9. The van der Waals surface area contributed by atoms with Gasteiger partial charge in [-0.3, -0.25) is 5.43 Å². The monoisotopic (exact) mass is 368 g/mol. The lowest BCUT2D eigenvalue weighted by atomic mass is 9.78. The zero-order chi connectivity index (χ0) is 19.6. The van der Waals surface area contributed by atoms with Crippen molar-refractivity contribution in [3.63, 3.8) is 0 Å². The van der Waals surface area contributed by atoms with E-state index < -0.39 is 0 Å². The van der Waals surface area contributed by atoms with Crippen LogP contribution in [0, 0.1) is 5.92 Å². The molecule has 2 atom stereocenters. The maximum atomic E-state index is 6.12. The predicted molar refractivity (Wildman–Crippen MR) is 114 cm³/mol.